The van der Waals surface area contributed by atoms with Crippen molar-refractivity contribution in [2.75, 3.05) is 13.2 Å². The number of aromatic nitrogens is 1. The molecule has 0 N–H and O–H groups in total. The van der Waals surface area contributed by atoms with E-state index in [1.165, 1.54) is 0 Å². The lowest BCUT2D eigenvalue weighted by Gasteiger charge is -2.08. The minimum Gasteiger partial charge on any atom is -0.380 e. The first-order chi connectivity index (χ1) is 15.7. The molecular formula is C28H23NO3. The minimum atomic E-state index is -0.0144. The van der Waals surface area contributed by atoms with Gasteiger partial charge in [0.15, 0.2) is 5.78 Å². The highest BCUT2D eigenvalue weighted by molar-refractivity contribution is 6.15. The maximum Gasteiger partial charge on any atom is 0.193 e. The number of carbonyl (C=O) groups is 2. The highest BCUT2D eigenvalue weighted by Crippen LogP contribution is 2.31. The molecule has 4 nitrogen and oxygen atoms in total. The number of rotatable bonds is 7. The summed E-state index contributed by atoms with van der Waals surface area (Å²) in [5.41, 5.74) is 3.97. The monoisotopic (exact) mass is 421 g/mol. The Labute approximate surface area is 186 Å². The normalized spacial score (nSPS) is 11.4. The average molecular weight is 421 g/mol. The van der Waals surface area contributed by atoms with Crippen LogP contribution in [0.3, 0.4) is 0 Å². The quantitative estimate of drug-likeness (QED) is 0.183. The van der Waals surface area contributed by atoms with E-state index in [1.54, 1.807) is 0 Å². The van der Waals surface area contributed by atoms with Crippen LogP contribution >= 0.6 is 0 Å². The second-order valence-corrected chi connectivity index (χ2v) is 7.87. The van der Waals surface area contributed by atoms with Gasteiger partial charge in [0.05, 0.1) is 6.61 Å². The number of hydrogen-bond acceptors (Lipinski definition) is 3. The van der Waals surface area contributed by atoms with Gasteiger partial charge in [0.25, 0.3) is 0 Å². The van der Waals surface area contributed by atoms with Gasteiger partial charge in [-0.1, -0.05) is 36.4 Å². The molecule has 0 atom stereocenters. The van der Waals surface area contributed by atoms with Crippen LogP contribution in [0.4, 0.5) is 0 Å². The van der Waals surface area contributed by atoms with Crippen LogP contribution in [0.2, 0.25) is 0 Å². The molecule has 0 unspecified atom stereocenters. The fraction of sp³-hybridized carbons (Fsp3) is 0.143. The van der Waals surface area contributed by atoms with Gasteiger partial charge in [-0.05, 0) is 60.2 Å². The number of ketones is 1. The molecule has 0 fully saturated rings. The highest BCUT2D eigenvalue weighted by atomic mass is 16.5. The first-order valence-corrected chi connectivity index (χ1v) is 10.8. The summed E-state index contributed by atoms with van der Waals surface area (Å²) in [5, 5.41) is 4.09. The number of fused-ring (bicyclic) bond motifs is 4. The Bertz CT molecular complexity index is 1480. The van der Waals surface area contributed by atoms with Crippen molar-refractivity contribution >= 4 is 44.6 Å². The van der Waals surface area contributed by atoms with Gasteiger partial charge in [0.1, 0.15) is 6.29 Å². The van der Waals surface area contributed by atoms with Crippen LogP contribution in [0.15, 0.2) is 78.9 Å². The van der Waals surface area contributed by atoms with Crippen LogP contribution in [0, 0.1) is 0 Å². The van der Waals surface area contributed by atoms with E-state index in [-0.39, 0.29) is 5.78 Å². The molecule has 0 spiro atoms. The number of benzene rings is 4. The predicted molar refractivity (Wildman–Crippen MR) is 129 cm³/mol. The first-order valence-electron chi connectivity index (χ1n) is 10.8. The van der Waals surface area contributed by atoms with Gasteiger partial charge in [0, 0.05) is 51.6 Å². The van der Waals surface area contributed by atoms with Crippen molar-refractivity contribution < 1.29 is 14.3 Å². The number of nitrogens with zero attached hydrogens (tertiary/aromatic N) is 1. The van der Waals surface area contributed by atoms with E-state index in [4.69, 9.17) is 4.74 Å². The zero-order valence-electron chi connectivity index (χ0n) is 17.9. The van der Waals surface area contributed by atoms with Crippen molar-refractivity contribution in [3.63, 3.8) is 0 Å². The summed E-state index contributed by atoms with van der Waals surface area (Å²) >= 11 is 0. The van der Waals surface area contributed by atoms with E-state index in [9.17, 15) is 9.59 Å². The fourth-order valence-electron chi connectivity index (χ4n) is 4.37. The Morgan fingerprint density at radius 3 is 2.31 bits per heavy atom. The Morgan fingerprint density at radius 1 is 0.844 bits per heavy atom. The van der Waals surface area contributed by atoms with Crippen molar-refractivity contribution in [3.8, 4) is 0 Å². The molecule has 4 heteroatoms. The molecule has 0 aliphatic heterocycles. The Kier molecular flexibility index (Phi) is 5.29. The van der Waals surface area contributed by atoms with Crippen molar-refractivity contribution in [3.05, 3.63) is 95.6 Å². The Hall–Kier alpha value is -3.76. The van der Waals surface area contributed by atoms with Crippen molar-refractivity contribution in [2.45, 2.75) is 13.5 Å². The second-order valence-electron chi connectivity index (χ2n) is 7.87. The van der Waals surface area contributed by atoms with Crippen molar-refractivity contribution in [1.82, 2.24) is 4.57 Å². The van der Waals surface area contributed by atoms with E-state index >= 15 is 0 Å². The third-order valence-corrected chi connectivity index (χ3v) is 5.96. The lowest BCUT2D eigenvalue weighted by molar-refractivity contribution is 0.103. The molecule has 1 heterocycles. The van der Waals surface area contributed by atoms with Crippen molar-refractivity contribution in [1.29, 1.82) is 0 Å². The topological polar surface area (TPSA) is 48.3 Å². The molecule has 158 valence electrons. The molecule has 0 saturated heterocycles. The van der Waals surface area contributed by atoms with E-state index in [2.05, 4.69) is 4.57 Å². The summed E-state index contributed by atoms with van der Waals surface area (Å²) in [4.78, 5) is 24.7. The van der Waals surface area contributed by atoms with Gasteiger partial charge in [-0.2, -0.15) is 0 Å². The van der Waals surface area contributed by atoms with Crippen LogP contribution in [0.1, 0.15) is 33.2 Å². The summed E-state index contributed by atoms with van der Waals surface area (Å²) in [6, 6.07) is 25.3. The molecule has 0 aliphatic carbocycles. The maximum absolute atomic E-state index is 13.3. The maximum atomic E-state index is 13.3. The lowest BCUT2D eigenvalue weighted by Crippen LogP contribution is -2.06. The summed E-state index contributed by atoms with van der Waals surface area (Å²) in [6.07, 6.45) is 0.854. The highest BCUT2D eigenvalue weighted by Gasteiger charge is 2.15. The SMILES string of the molecule is CCOCCn1c2ccc(C=O)cc2c2cc(C(=O)c3ccc4ccccc4c3)ccc21. The molecule has 0 bridgehead atoms. The second kappa shape index (κ2) is 8.40. The number of hydrogen-bond donors (Lipinski definition) is 0. The van der Waals surface area contributed by atoms with Gasteiger partial charge in [-0.3, -0.25) is 9.59 Å². The van der Waals surface area contributed by atoms with Crippen LogP contribution < -0.4 is 0 Å². The van der Waals surface area contributed by atoms with E-state index in [0.717, 1.165) is 38.9 Å². The third kappa shape index (κ3) is 3.49. The number of aldehydes is 1. The third-order valence-electron chi connectivity index (χ3n) is 5.96. The van der Waals surface area contributed by atoms with Gasteiger partial charge < -0.3 is 9.30 Å². The predicted octanol–water partition coefficient (Wildman–Crippen LogP) is 6.03. The number of carbonyl (C=O) groups excluding carboxylic acids is 2. The molecule has 5 rings (SSSR count). The molecule has 32 heavy (non-hydrogen) atoms. The Morgan fingerprint density at radius 2 is 1.53 bits per heavy atom. The van der Waals surface area contributed by atoms with Crippen molar-refractivity contribution in [2.24, 2.45) is 0 Å². The molecule has 5 aromatic rings. The lowest BCUT2D eigenvalue weighted by atomic mass is 9.98. The van der Waals surface area contributed by atoms with E-state index in [0.29, 0.717) is 36.4 Å². The standard InChI is InChI=1S/C28H23NO3/c1-2-32-14-13-29-26-11-7-19(18-30)15-24(26)25-17-23(10-12-27(25)29)28(31)22-9-8-20-5-3-4-6-21(20)16-22/h3-12,15-18H,2,13-14H2,1H3. The average Bonchev–Trinajstić information content (AvgIpc) is 3.15. The van der Waals surface area contributed by atoms with E-state index in [1.807, 2.05) is 85.8 Å². The molecule has 0 saturated carbocycles. The number of ether oxygens (including phenoxy) is 1. The zero-order valence-corrected chi connectivity index (χ0v) is 17.9. The van der Waals surface area contributed by atoms with Gasteiger partial charge >= 0.3 is 0 Å². The van der Waals surface area contributed by atoms with Gasteiger partial charge in [-0.15, -0.1) is 0 Å². The van der Waals surface area contributed by atoms with Gasteiger partial charge in [0.2, 0.25) is 0 Å². The molecule has 4 aromatic carbocycles. The van der Waals surface area contributed by atoms with Gasteiger partial charge in [-0.25, -0.2) is 0 Å². The first kappa shape index (κ1) is 20.2. The minimum absolute atomic E-state index is 0.0144. The molecular weight excluding hydrogens is 398 g/mol. The fourth-order valence-corrected chi connectivity index (χ4v) is 4.37. The molecule has 0 aliphatic rings. The largest absolute Gasteiger partial charge is 0.380 e. The van der Waals surface area contributed by atoms with Crippen LogP contribution in [0.5, 0.6) is 0 Å². The van der Waals surface area contributed by atoms with Crippen LogP contribution in [-0.2, 0) is 11.3 Å². The molecule has 0 amide bonds. The summed E-state index contributed by atoms with van der Waals surface area (Å²) in [6.45, 7) is 3.94. The van der Waals surface area contributed by atoms with Crippen LogP contribution in [-0.4, -0.2) is 29.9 Å². The zero-order chi connectivity index (χ0) is 22.1. The van der Waals surface area contributed by atoms with E-state index < -0.39 is 0 Å². The molecule has 1 aromatic heterocycles. The Balaban J connectivity index is 1.63. The summed E-state index contributed by atoms with van der Waals surface area (Å²) < 4.78 is 7.77. The smallest absolute Gasteiger partial charge is 0.193 e. The summed E-state index contributed by atoms with van der Waals surface area (Å²) in [5.74, 6) is -0.0144. The molecule has 0 radical (unpaired) electrons. The summed E-state index contributed by atoms with van der Waals surface area (Å²) in [7, 11) is 0. The van der Waals surface area contributed by atoms with Crippen LogP contribution in [0.25, 0.3) is 32.6 Å².